The maximum atomic E-state index is 13.2. The number of rotatable bonds is 5. The van der Waals surface area contributed by atoms with E-state index in [9.17, 15) is 18.0 Å². The summed E-state index contributed by atoms with van der Waals surface area (Å²) in [5, 5.41) is -0.559. The highest BCUT2D eigenvalue weighted by atomic mass is 35.5. The van der Waals surface area contributed by atoms with Crippen molar-refractivity contribution in [2.24, 2.45) is 4.99 Å². The number of alkyl halides is 4. The predicted octanol–water partition coefficient (Wildman–Crippen LogP) is 6.21. The van der Waals surface area contributed by atoms with E-state index in [0.29, 0.717) is 45.4 Å². The molecular weight excluding hydrogens is 459 g/mol. The number of Topliss-reactive ketones (excluding diaryl/α,β-unsaturated/α-hetero) is 1. The molecule has 1 aliphatic heterocycles. The van der Waals surface area contributed by atoms with Crippen molar-refractivity contribution in [3.05, 3.63) is 83.3 Å². The molecule has 0 amide bonds. The fourth-order valence-electron chi connectivity index (χ4n) is 3.47. The average molecular weight is 476 g/mol. The second kappa shape index (κ2) is 8.78. The van der Waals surface area contributed by atoms with Crippen molar-refractivity contribution < 1.29 is 32.2 Å². The first-order valence-electron chi connectivity index (χ1n) is 9.75. The van der Waals surface area contributed by atoms with E-state index in [1.807, 2.05) is 0 Å². The number of methoxy groups -OCH3 is 1. The molecule has 0 radical (unpaired) electrons. The van der Waals surface area contributed by atoms with Gasteiger partial charge in [-0.2, -0.15) is 0 Å². The van der Waals surface area contributed by atoms with Crippen LogP contribution in [0, 0.1) is 0 Å². The van der Waals surface area contributed by atoms with Crippen molar-refractivity contribution in [3.8, 4) is 17.2 Å². The summed E-state index contributed by atoms with van der Waals surface area (Å²) in [6.45, 7) is 1.75. The van der Waals surface area contributed by atoms with Gasteiger partial charge in [0.25, 0.3) is 0 Å². The molecule has 2 aromatic carbocycles. The summed E-state index contributed by atoms with van der Waals surface area (Å²) in [5.74, 6) is 0.759. The van der Waals surface area contributed by atoms with Crippen LogP contribution in [0.15, 0.2) is 82.7 Å². The van der Waals surface area contributed by atoms with Crippen molar-refractivity contribution in [2.45, 2.75) is 18.7 Å². The number of carbonyl (C=O) groups is 1. The molecule has 33 heavy (non-hydrogen) atoms. The van der Waals surface area contributed by atoms with Gasteiger partial charge in [-0.3, -0.25) is 9.79 Å². The normalized spacial score (nSPS) is 18.2. The Hall–Kier alpha value is -3.52. The van der Waals surface area contributed by atoms with Gasteiger partial charge in [0.15, 0.2) is 5.78 Å². The van der Waals surface area contributed by atoms with Crippen LogP contribution in [0.1, 0.15) is 12.5 Å². The van der Waals surface area contributed by atoms with Crippen LogP contribution >= 0.6 is 11.6 Å². The quantitative estimate of drug-likeness (QED) is 0.482. The third-order valence-corrected chi connectivity index (χ3v) is 5.27. The van der Waals surface area contributed by atoms with Gasteiger partial charge in [0.1, 0.15) is 28.4 Å². The van der Waals surface area contributed by atoms with Gasteiger partial charge < -0.3 is 14.2 Å². The number of fused-ring (bicyclic) bond motifs is 1. The number of nitrogens with zero attached hydrogens (tertiary/aromatic N) is 1. The number of ketones is 1. The number of aliphatic imine (C=N–C) groups is 1. The van der Waals surface area contributed by atoms with Crippen molar-refractivity contribution in [1.82, 2.24) is 0 Å². The molecule has 0 fully saturated rings. The van der Waals surface area contributed by atoms with Crippen LogP contribution in [-0.4, -0.2) is 30.3 Å². The number of halogens is 4. The predicted molar refractivity (Wildman–Crippen MR) is 117 cm³/mol. The Bertz CT molecular complexity index is 1210. The lowest BCUT2D eigenvalue weighted by molar-refractivity contribution is -0.274. The Morgan fingerprint density at radius 1 is 0.970 bits per heavy atom. The van der Waals surface area contributed by atoms with Crippen LogP contribution < -0.4 is 9.47 Å². The molecule has 1 aliphatic carbocycles. The van der Waals surface area contributed by atoms with Gasteiger partial charge in [-0.15, -0.1) is 24.8 Å². The third-order valence-electron chi connectivity index (χ3n) is 4.93. The highest BCUT2D eigenvalue weighted by Gasteiger charge is 2.32. The van der Waals surface area contributed by atoms with E-state index in [1.54, 1.807) is 43.3 Å². The van der Waals surface area contributed by atoms with Crippen molar-refractivity contribution in [2.75, 3.05) is 7.11 Å². The Kier molecular flexibility index (Phi) is 6.03. The minimum Gasteiger partial charge on any atom is -0.499 e. The first-order chi connectivity index (χ1) is 15.6. The highest BCUT2D eigenvalue weighted by molar-refractivity contribution is 6.44. The molecular formula is C24H17ClF3NO4. The number of hydrogen-bond donors (Lipinski definition) is 0. The van der Waals surface area contributed by atoms with E-state index in [0.717, 1.165) is 12.1 Å². The number of carbonyl (C=O) groups excluding carboxylic acids is 1. The van der Waals surface area contributed by atoms with Gasteiger partial charge in [0.2, 0.25) is 0 Å². The average Bonchev–Trinajstić information content (AvgIpc) is 2.75. The molecule has 0 N–H and O–H groups in total. The van der Waals surface area contributed by atoms with Crippen LogP contribution in [0.25, 0.3) is 5.57 Å². The summed E-state index contributed by atoms with van der Waals surface area (Å²) in [6.07, 6.45) is -1.47. The van der Waals surface area contributed by atoms with Crippen LogP contribution in [0.5, 0.6) is 17.2 Å². The SMILES string of the molecule is COC1=CC2=NC(C)=C(c3ccc(Oc4ccc(OC(F)(F)F)cc4)cc3)C(=O)C2=CC1Cl. The van der Waals surface area contributed by atoms with E-state index < -0.39 is 11.7 Å². The number of hydrogen-bond acceptors (Lipinski definition) is 5. The summed E-state index contributed by atoms with van der Waals surface area (Å²) in [5.41, 5.74) is 2.57. The summed E-state index contributed by atoms with van der Waals surface area (Å²) in [4.78, 5) is 17.7. The molecule has 2 aromatic rings. The van der Waals surface area contributed by atoms with Crippen LogP contribution in [0.3, 0.4) is 0 Å². The zero-order chi connectivity index (χ0) is 23.8. The molecule has 4 rings (SSSR count). The molecule has 170 valence electrons. The Labute approximate surface area is 192 Å². The van der Waals surface area contributed by atoms with Gasteiger partial charge in [0.05, 0.1) is 18.4 Å². The van der Waals surface area contributed by atoms with Gasteiger partial charge in [0, 0.05) is 17.3 Å². The van der Waals surface area contributed by atoms with Gasteiger partial charge in [-0.25, -0.2) is 0 Å². The lowest BCUT2D eigenvalue weighted by Gasteiger charge is -2.23. The van der Waals surface area contributed by atoms with Crippen molar-refractivity contribution in [3.63, 3.8) is 0 Å². The molecule has 0 bridgehead atoms. The molecule has 0 spiro atoms. The molecule has 5 nitrogen and oxygen atoms in total. The summed E-state index contributed by atoms with van der Waals surface area (Å²) in [7, 11) is 1.51. The zero-order valence-corrected chi connectivity index (χ0v) is 18.2. The fourth-order valence-corrected chi connectivity index (χ4v) is 3.75. The molecule has 0 saturated heterocycles. The Balaban J connectivity index is 1.54. The molecule has 1 heterocycles. The topological polar surface area (TPSA) is 57.1 Å². The largest absolute Gasteiger partial charge is 0.573 e. The minimum absolute atomic E-state index is 0.191. The zero-order valence-electron chi connectivity index (χ0n) is 17.4. The fraction of sp³-hybridized carbons (Fsp3) is 0.167. The first-order valence-corrected chi connectivity index (χ1v) is 10.2. The summed E-state index contributed by atoms with van der Waals surface area (Å²) >= 11 is 6.26. The monoisotopic (exact) mass is 475 g/mol. The number of allylic oxidation sites excluding steroid dienone is 5. The highest BCUT2D eigenvalue weighted by Crippen LogP contribution is 2.34. The maximum Gasteiger partial charge on any atom is 0.573 e. The van der Waals surface area contributed by atoms with Crippen LogP contribution in [-0.2, 0) is 9.53 Å². The van der Waals surface area contributed by atoms with Crippen molar-refractivity contribution in [1.29, 1.82) is 0 Å². The molecule has 1 atom stereocenters. The molecule has 0 saturated carbocycles. The smallest absolute Gasteiger partial charge is 0.499 e. The standard InChI is InChI=1S/C24H17ClF3NO4/c1-13-22(23(30)18-11-19(25)21(31-2)12-20(18)29-13)14-3-5-15(6-4-14)32-16-7-9-17(10-8-16)33-24(26,27)28/h3-12,19H,1-2H3. The Morgan fingerprint density at radius 2 is 1.55 bits per heavy atom. The van der Waals surface area contributed by atoms with Gasteiger partial charge in [-0.1, -0.05) is 12.1 Å². The lowest BCUT2D eigenvalue weighted by Crippen LogP contribution is -2.24. The summed E-state index contributed by atoms with van der Waals surface area (Å²) < 4.78 is 51.6. The molecule has 9 heteroatoms. The maximum absolute atomic E-state index is 13.2. The van der Waals surface area contributed by atoms with E-state index in [2.05, 4.69) is 9.73 Å². The first kappa shape index (κ1) is 22.7. The van der Waals surface area contributed by atoms with Crippen molar-refractivity contribution >= 4 is 28.7 Å². The van der Waals surface area contributed by atoms with E-state index in [-0.39, 0.29) is 11.5 Å². The minimum atomic E-state index is -4.76. The van der Waals surface area contributed by atoms with Crippen LogP contribution in [0.2, 0.25) is 0 Å². The Morgan fingerprint density at radius 3 is 2.12 bits per heavy atom. The van der Waals surface area contributed by atoms with Gasteiger partial charge >= 0.3 is 6.36 Å². The lowest BCUT2D eigenvalue weighted by atomic mass is 9.87. The summed E-state index contributed by atoms with van der Waals surface area (Å²) in [6, 6.07) is 11.8. The second-order valence-electron chi connectivity index (χ2n) is 7.17. The second-order valence-corrected chi connectivity index (χ2v) is 7.64. The number of benzene rings is 2. The van der Waals surface area contributed by atoms with Crippen LogP contribution in [0.4, 0.5) is 13.2 Å². The van der Waals surface area contributed by atoms with Gasteiger partial charge in [-0.05, 0) is 55.0 Å². The molecule has 0 aromatic heterocycles. The number of ether oxygens (including phenoxy) is 3. The van der Waals surface area contributed by atoms with E-state index in [4.69, 9.17) is 21.1 Å². The molecule has 1 unspecified atom stereocenters. The van der Waals surface area contributed by atoms with E-state index in [1.165, 1.54) is 19.2 Å². The van der Waals surface area contributed by atoms with E-state index >= 15 is 0 Å². The molecule has 2 aliphatic rings. The third kappa shape index (κ3) is 4.96.